The average molecular weight is 283 g/mol. The molecule has 0 heterocycles. The summed E-state index contributed by atoms with van der Waals surface area (Å²) in [5, 5.41) is 15.1. The van der Waals surface area contributed by atoms with Gasteiger partial charge in [0.15, 0.2) is 5.84 Å². The third-order valence-corrected chi connectivity index (χ3v) is 3.74. The van der Waals surface area contributed by atoms with E-state index in [2.05, 4.69) is 42.5 Å². The number of hydrogen-bond donors (Lipinski definition) is 3. The van der Waals surface area contributed by atoms with Crippen LogP contribution in [0, 0.1) is 20.8 Å². The summed E-state index contributed by atoms with van der Waals surface area (Å²) in [5.41, 5.74) is 12.3. The van der Waals surface area contributed by atoms with Gasteiger partial charge in [-0.25, -0.2) is 0 Å². The van der Waals surface area contributed by atoms with Gasteiger partial charge in [0.25, 0.3) is 0 Å². The van der Waals surface area contributed by atoms with Crippen molar-refractivity contribution in [2.45, 2.75) is 27.3 Å². The molecule has 4 nitrogen and oxygen atoms in total. The maximum Gasteiger partial charge on any atom is 0.170 e. The van der Waals surface area contributed by atoms with Crippen LogP contribution in [-0.4, -0.2) is 11.0 Å². The van der Waals surface area contributed by atoms with Gasteiger partial charge < -0.3 is 16.3 Å². The lowest BCUT2D eigenvalue weighted by molar-refractivity contribution is 0.318. The van der Waals surface area contributed by atoms with E-state index >= 15 is 0 Å². The van der Waals surface area contributed by atoms with E-state index in [9.17, 15) is 0 Å². The van der Waals surface area contributed by atoms with Crippen LogP contribution in [0.15, 0.2) is 41.6 Å². The highest BCUT2D eigenvalue weighted by Gasteiger charge is 2.04. The fourth-order valence-electron chi connectivity index (χ4n) is 2.16. The van der Waals surface area contributed by atoms with Crippen molar-refractivity contribution in [3.63, 3.8) is 0 Å². The summed E-state index contributed by atoms with van der Waals surface area (Å²) < 4.78 is 0. The number of amidine groups is 1. The first-order chi connectivity index (χ1) is 10.0. The first-order valence-corrected chi connectivity index (χ1v) is 6.90. The van der Waals surface area contributed by atoms with E-state index in [4.69, 9.17) is 10.9 Å². The summed E-state index contributed by atoms with van der Waals surface area (Å²) >= 11 is 0. The fraction of sp³-hybridized carbons (Fsp3) is 0.235. The molecule has 0 spiro atoms. The molecular weight excluding hydrogens is 262 g/mol. The minimum atomic E-state index is 0.131. The third kappa shape index (κ3) is 3.54. The van der Waals surface area contributed by atoms with Crippen molar-refractivity contribution in [3.8, 4) is 0 Å². The van der Waals surface area contributed by atoms with Gasteiger partial charge in [0.05, 0.1) is 0 Å². The third-order valence-electron chi connectivity index (χ3n) is 3.74. The zero-order valence-corrected chi connectivity index (χ0v) is 12.6. The molecule has 21 heavy (non-hydrogen) atoms. The Morgan fingerprint density at radius 1 is 1.05 bits per heavy atom. The van der Waals surface area contributed by atoms with Gasteiger partial charge in [-0.15, -0.1) is 0 Å². The largest absolute Gasteiger partial charge is 0.409 e. The van der Waals surface area contributed by atoms with Crippen LogP contribution in [0.5, 0.6) is 0 Å². The van der Waals surface area contributed by atoms with Gasteiger partial charge in [-0.1, -0.05) is 23.4 Å². The Kier molecular flexibility index (Phi) is 4.48. The van der Waals surface area contributed by atoms with Crippen molar-refractivity contribution < 1.29 is 5.21 Å². The molecule has 0 saturated carbocycles. The van der Waals surface area contributed by atoms with Crippen molar-refractivity contribution in [2.24, 2.45) is 10.9 Å². The number of rotatable bonds is 4. The fourth-order valence-corrected chi connectivity index (χ4v) is 2.16. The van der Waals surface area contributed by atoms with E-state index in [1.165, 1.54) is 16.7 Å². The van der Waals surface area contributed by atoms with Gasteiger partial charge in [-0.2, -0.15) is 0 Å². The normalized spacial score (nSPS) is 11.5. The maximum absolute atomic E-state index is 8.70. The summed E-state index contributed by atoms with van der Waals surface area (Å²) in [7, 11) is 0. The highest BCUT2D eigenvalue weighted by atomic mass is 16.4. The van der Waals surface area contributed by atoms with E-state index in [0.717, 1.165) is 23.4 Å². The monoisotopic (exact) mass is 283 g/mol. The molecule has 0 amide bonds. The Morgan fingerprint density at radius 2 is 1.81 bits per heavy atom. The molecule has 2 aromatic carbocycles. The number of nitrogens with two attached hydrogens (primary N) is 1. The summed E-state index contributed by atoms with van der Waals surface area (Å²) in [5.74, 6) is 0.131. The molecule has 0 saturated heterocycles. The predicted molar refractivity (Wildman–Crippen MR) is 86.9 cm³/mol. The van der Waals surface area contributed by atoms with Gasteiger partial charge in [0.1, 0.15) is 0 Å². The molecule has 2 rings (SSSR count). The highest BCUT2D eigenvalue weighted by Crippen LogP contribution is 2.17. The molecule has 110 valence electrons. The molecule has 0 unspecified atom stereocenters. The van der Waals surface area contributed by atoms with Crippen LogP contribution in [0.4, 0.5) is 5.69 Å². The number of oxime groups is 1. The van der Waals surface area contributed by atoms with Crippen molar-refractivity contribution in [2.75, 3.05) is 5.32 Å². The van der Waals surface area contributed by atoms with Crippen molar-refractivity contribution in [1.29, 1.82) is 0 Å². The number of hydrogen-bond acceptors (Lipinski definition) is 3. The lowest BCUT2D eigenvalue weighted by Crippen LogP contribution is -2.13. The van der Waals surface area contributed by atoms with E-state index in [1.54, 1.807) is 0 Å². The second-order valence-electron chi connectivity index (χ2n) is 5.28. The molecule has 0 bridgehead atoms. The molecule has 2 aromatic rings. The molecule has 4 heteroatoms. The van der Waals surface area contributed by atoms with E-state index in [1.807, 2.05) is 25.1 Å². The zero-order chi connectivity index (χ0) is 15.4. The molecule has 0 aliphatic heterocycles. The van der Waals surface area contributed by atoms with Crippen molar-refractivity contribution in [1.82, 2.24) is 0 Å². The Morgan fingerprint density at radius 3 is 2.43 bits per heavy atom. The highest BCUT2D eigenvalue weighted by molar-refractivity contribution is 5.97. The Bertz CT molecular complexity index is 678. The molecule has 0 radical (unpaired) electrons. The standard InChI is InChI=1S/C17H21N3O/c1-11-4-7-16(9-12(11)2)19-10-15-6-5-14(8-13(15)3)17(18)20-21/h4-9,19,21H,10H2,1-3H3,(H2,18,20). The summed E-state index contributed by atoms with van der Waals surface area (Å²) in [6.07, 6.45) is 0. The molecule has 0 fully saturated rings. The van der Waals surface area contributed by atoms with Crippen LogP contribution in [-0.2, 0) is 6.54 Å². The lowest BCUT2D eigenvalue weighted by Gasteiger charge is -2.11. The Hall–Kier alpha value is -2.49. The number of aryl methyl sites for hydroxylation is 3. The van der Waals surface area contributed by atoms with Crippen LogP contribution < -0.4 is 11.1 Å². The molecule has 0 aliphatic carbocycles. The van der Waals surface area contributed by atoms with Crippen LogP contribution in [0.2, 0.25) is 0 Å². The predicted octanol–water partition coefficient (Wildman–Crippen LogP) is 3.32. The topological polar surface area (TPSA) is 70.6 Å². The van der Waals surface area contributed by atoms with Gasteiger partial charge in [-0.3, -0.25) is 0 Å². The number of nitrogens with one attached hydrogen (secondary N) is 1. The van der Waals surface area contributed by atoms with Crippen LogP contribution >= 0.6 is 0 Å². The van der Waals surface area contributed by atoms with E-state index in [-0.39, 0.29) is 5.84 Å². The quantitative estimate of drug-likeness (QED) is 0.349. The number of benzene rings is 2. The summed E-state index contributed by atoms with van der Waals surface area (Å²) in [4.78, 5) is 0. The number of anilines is 1. The van der Waals surface area contributed by atoms with E-state index in [0.29, 0.717) is 0 Å². The minimum absolute atomic E-state index is 0.131. The molecular formula is C17H21N3O. The molecule has 0 aliphatic rings. The SMILES string of the molecule is Cc1ccc(NCc2ccc(/C(N)=N/O)cc2C)cc1C. The molecule has 0 atom stereocenters. The maximum atomic E-state index is 8.70. The lowest BCUT2D eigenvalue weighted by atomic mass is 10.0. The second kappa shape index (κ2) is 6.31. The Balaban J connectivity index is 2.11. The summed E-state index contributed by atoms with van der Waals surface area (Å²) in [6.45, 7) is 6.98. The van der Waals surface area contributed by atoms with Crippen LogP contribution in [0.1, 0.15) is 27.8 Å². The van der Waals surface area contributed by atoms with Crippen LogP contribution in [0.3, 0.4) is 0 Å². The molecule has 0 aromatic heterocycles. The van der Waals surface area contributed by atoms with E-state index < -0.39 is 0 Å². The smallest absolute Gasteiger partial charge is 0.170 e. The first kappa shape index (κ1) is 14.9. The van der Waals surface area contributed by atoms with Gasteiger partial charge in [0, 0.05) is 17.8 Å². The second-order valence-corrected chi connectivity index (χ2v) is 5.28. The van der Waals surface area contributed by atoms with Gasteiger partial charge in [-0.05, 0) is 61.2 Å². The zero-order valence-electron chi connectivity index (χ0n) is 12.6. The Labute approximate surface area is 125 Å². The van der Waals surface area contributed by atoms with Crippen LogP contribution in [0.25, 0.3) is 0 Å². The molecule has 4 N–H and O–H groups in total. The van der Waals surface area contributed by atoms with Crippen molar-refractivity contribution in [3.05, 3.63) is 64.2 Å². The van der Waals surface area contributed by atoms with Gasteiger partial charge in [0.2, 0.25) is 0 Å². The van der Waals surface area contributed by atoms with Gasteiger partial charge >= 0.3 is 0 Å². The minimum Gasteiger partial charge on any atom is -0.409 e. The number of nitrogens with zero attached hydrogens (tertiary/aromatic N) is 1. The van der Waals surface area contributed by atoms with Crippen molar-refractivity contribution >= 4 is 11.5 Å². The summed E-state index contributed by atoms with van der Waals surface area (Å²) in [6, 6.07) is 12.1. The average Bonchev–Trinajstić information content (AvgIpc) is 2.48. The first-order valence-electron chi connectivity index (χ1n) is 6.90.